The van der Waals surface area contributed by atoms with Crippen molar-refractivity contribution >= 4 is 12.1 Å². The Morgan fingerprint density at radius 3 is 2.48 bits per heavy atom. The van der Waals surface area contributed by atoms with Crippen molar-refractivity contribution in [3.63, 3.8) is 0 Å². The molecule has 1 amide bonds. The minimum Gasteiger partial charge on any atom is -0.469 e. The van der Waals surface area contributed by atoms with Crippen LogP contribution < -0.4 is 0 Å². The molecule has 0 aliphatic carbocycles. The first-order valence-electron chi connectivity index (χ1n) is 7.06. The molecular weight excluding hydrogens is 278 g/mol. The van der Waals surface area contributed by atoms with Gasteiger partial charge in [0.25, 0.3) is 0 Å². The highest BCUT2D eigenvalue weighted by Crippen LogP contribution is 2.27. The molecule has 21 heavy (non-hydrogen) atoms. The van der Waals surface area contributed by atoms with E-state index in [0.29, 0.717) is 6.42 Å². The van der Waals surface area contributed by atoms with E-state index in [9.17, 15) is 14.7 Å². The number of ether oxygens (including phenoxy) is 2. The maximum Gasteiger partial charge on any atom is 0.410 e. The number of piperidine rings is 1. The average Bonchev–Trinajstić information content (AvgIpc) is 2.43. The number of amides is 1. The Balaban J connectivity index is 2.83. The number of nitrogens with zero attached hydrogens (tertiary/aromatic N) is 1. The normalized spacial score (nSPS) is 24.4. The molecule has 0 aromatic heterocycles. The minimum atomic E-state index is -1.12. The zero-order chi connectivity index (χ0) is 16.2. The molecule has 1 fully saturated rings. The second-order valence-electron chi connectivity index (χ2n) is 6.24. The van der Waals surface area contributed by atoms with Crippen molar-refractivity contribution in [1.29, 1.82) is 0 Å². The lowest BCUT2D eigenvalue weighted by Crippen LogP contribution is -2.54. The van der Waals surface area contributed by atoms with Crippen LogP contribution in [0.25, 0.3) is 0 Å². The molecule has 7 heteroatoms. The summed E-state index contributed by atoms with van der Waals surface area (Å²) in [5.74, 6) is -0.756. The molecule has 7 nitrogen and oxygen atoms in total. The summed E-state index contributed by atoms with van der Waals surface area (Å²) < 4.78 is 10.0. The van der Waals surface area contributed by atoms with Gasteiger partial charge in [0.15, 0.2) is 0 Å². The van der Waals surface area contributed by atoms with Crippen LogP contribution in [0.1, 0.15) is 33.6 Å². The second-order valence-corrected chi connectivity index (χ2v) is 6.24. The smallest absolute Gasteiger partial charge is 0.410 e. The van der Waals surface area contributed by atoms with Crippen molar-refractivity contribution in [2.45, 2.75) is 51.4 Å². The highest BCUT2D eigenvalue weighted by atomic mass is 16.6. The predicted molar refractivity (Wildman–Crippen MR) is 74.6 cm³/mol. The Kier molecular flexibility index (Phi) is 5.98. The van der Waals surface area contributed by atoms with Crippen molar-refractivity contribution in [3.05, 3.63) is 0 Å². The van der Waals surface area contributed by atoms with Crippen LogP contribution in [0, 0.1) is 5.92 Å². The van der Waals surface area contributed by atoms with Crippen molar-refractivity contribution in [2.75, 3.05) is 20.3 Å². The van der Waals surface area contributed by atoms with E-state index in [1.54, 1.807) is 20.8 Å². The molecule has 2 N–H and O–H groups in total. The zero-order valence-corrected chi connectivity index (χ0v) is 13.0. The Morgan fingerprint density at radius 1 is 1.38 bits per heavy atom. The number of likely N-dealkylation sites (tertiary alicyclic amines) is 1. The SMILES string of the molecule is COC(=O)[C@@H]1CCN(C(=O)OC(C)(C)C)[C@@H]([C@H](O)CO)C1. The van der Waals surface area contributed by atoms with Crippen LogP contribution in [-0.2, 0) is 14.3 Å². The van der Waals surface area contributed by atoms with Crippen LogP contribution in [0.15, 0.2) is 0 Å². The molecule has 0 radical (unpaired) electrons. The molecule has 0 bridgehead atoms. The number of hydrogen-bond donors (Lipinski definition) is 2. The molecule has 3 atom stereocenters. The van der Waals surface area contributed by atoms with Crippen LogP contribution in [0.2, 0.25) is 0 Å². The fourth-order valence-corrected chi connectivity index (χ4v) is 2.41. The Labute approximate surface area is 124 Å². The summed E-state index contributed by atoms with van der Waals surface area (Å²) in [6.45, 7) is 5.05. The Morgan fingerprint density at radius 2 is 2.00 bits per heavy atom. The number of hydrogen-bond acceptors (Lipinski definition) is 6. The quantitative estimate of drug-likeness (QED) is 0.738. The molecule has 0 aromatic rings. The summed E-state index contributed by atoms with van der Waals surface area (Å²) in [5.41, 5.74) is -0.648. The van der Waals surface area contributed by atoms with Gasteiger partial charge in [-0.2, -0.15) is 0 Å². The molecule has 0 spiro atoms. The second kappa shape index (κ2) is 7.09. The predicted octanol–water partition coefficient (Wildman–Crippen LogP) is 0.528. The molecule has 1 rings (SSSR count). The third-order valence-corrected chi connectivity index (χ3v) is 3.44. The van der Waals surface area contributed by atoms with E-state index in [1.165, 1.54) is 12.0 Å². The van der Waals surface area contributed by atoms with Gasteiger partial charge in [-0.05, 0) is 33.6 Å². The van der Waals surface area contributed by atoms with E-state index < -0.39 is 30.4 Å². The van der Waals surface area contributed by atoms with Crippen LogP contribution >= 0.6 is 0 Å². The van der Waals surface area contributed by atoms with Gasteiger partial charge in [-0.25, -0.2) is 4.79 Å². The molecule has 1 aliphatic rings. The molecule has 1 aliphatic heterocycles. The zero-order valence-electron chi connectivity index (χ0n) is 13.0. The number of aliphatic hydroxyl groups is 2. The highest BCUT2D eigenvalue weighted by molar-refractivity contribution is 5.74. The lowest BCUT2D eigenvalue weighted by molar-refractivity contribution is -0.149. The first-order chi connectivity index (χ1) is 9.69. The van der Waals surface area contributed by atoms with Crippen molar-refractivity contribution in [1.82, 2.24) is 4.90 Å². The van der Waals surface area contributed by atoms with Crippen molar-refractivity contribution < 1.29 is 29.3 Å². The van der Waals surface area contributed by atoms with Gasteiger partial charge in [0.05, 0.1) is 31.8 Å². The number of aliphatic hydroxyl groups excluding tert-OH is 2. The average molecular weight is 303 g/mol. The minimum absolute atomic E-state index is 0.244. The molecule has 0 saturated carbocycles. The summed E-state index contributed by atoms with van der Waals surface area (Å²) in [5, 5.41) is 19.1. The number of methoxy groups -OCH3 is 1. The molecular formula is C14H25NO6. The first kappa shape index (κ1) is 17.7. The Hall–Kier alpha value is -1.34. The summed E-state index contributed by atoms with van der Waals surface area (Å²) in [6.07, 6.45) is -0.984. The summed E-state index contributed by atoms with van der Waals surface area (Å²) >= 11 is 0. The lowest BCUT2D eigenvalue weighted by Gasteiger charge is -2.40. The van der Waals surface area contributed by atoms with E-state index >= 15 is 0 Å². The lowest BCUT2D eigenvalue weighted by atomic mass is 9.88. The van der Waals surface area contributed by atoms with Gasteiger partial charge in [0, 0.05) is 6.54 Å². The van der Waals surface area contributed by atoms with E-state index in [0.717, 1.165) is 0 Å². The van der Waals surface area contributed by atoms with Gasteiger partial charge in [-0.15, -0.1) is 0 Å². The summed E-state index contributed by atoms with van der Waals surface area (Å²) in [6, 6.07) is -0.664. The number of carbonyl (C=O) groups excluding carboxylic acids is 2. The van der Waals surface area contributed by atoms with Crippen LogP contribution in [0.4, 0.5) is 4.79 Å². The topological polar surface area (TPSA) is 96.3 Å². The van der Waals surface area contributed by atoms with Gasteiger partial charge >= 0.3 is 12.1 Å². The third kappa shape index (κ3) is 4.86. The Bertz CT molecular complexity index is 378. The van der Waals surface area contributed by atoms with E-state index in [-0.39, 0.29) is 24.9 Å². The first-order valence-corrected chi connectivity index (χ1v) is 7.06. The van der Waals surface area contributed by atoms with E-state index in [1.807, 2.05) is 0 Å². The van der Waals surface area contributed by atoms with E-state index in [4.69, 9.17) is 14.6 Å². The van der Waals surface area contributed by atoms with Crippen LogP contribution in [-0.4, -0.2) is 65.2 Å². The molecule has 0 unspecified atom stereocenters. The highest BCUT2D eigenvalue weighted by Gasteiger charge is 2.40. The largest absolute Gasteiger partial charge is 0.469 e. The van der Waals surface area contributed by atoms with Crippen molar-refractivity contribution in [2.24, 2.45) is 5.92 Å². The summed E-state index contributed by atoms with van der Waals surface area (Å²) in [7, 11) is 1.31. The van der Waals surface area contributed by atoms with Crippen LogP contribution in [0.3, 0.4) is 0 Å². The third-order valence-electron chi connectivity index (χ3n) is 3.44. The maximum atomic E-state index is 12.2. The van der Waals surface area contributed by atoms with Gasteiger partial charge in [0.1, 0.15) is 5.60 Å². The molecule has 1 heterocycles. The molecule has 0 aromatic carbocycles. The van der Waals surface area contributed by atoms with Gasteiger partial charge < -0.3 is 24.6 Å². The maximum absolute atomic E-state index is 12.2. The molecule has 1 saturated heterocycles. The monoisotopic (exact) mass is 303 g/mol. The fraction of sp³-hybridized carbons (Fsp3) is 0.857. The fourth-order valence-electron chi connectivity index (χ4n) is 2.41. The summed E-state index contributed by atoms with van der Waals surface area (Å²) in [4.78, 5) is 25.2. The van der Waals surface area contributed by atoms with E-state index in [2.05, 4.69) is 0 Å². The standard InChI is InChI=1S/C14H25NO6/c1-14(2,3)21-13(19)15-6-5-9(12(18)20-4)7-10(15)11(17)8-16/h9-11,16-17H,5-8H2,1-4H3/t9-,10-,11-/m1/s1. The van der Waals surface area contributed by atoms with Gasteiger partial charge in [-0.3, -0.25) is 4.79 Å². The number of carbonyl (C=O) groups is 2. The van der Waals surface area contributed by atoms with Crippen molar-refractivity contribution in [3.8, 4) is 0 Å². The van der Waals surface area contributed by atoms with Gasteiger partial charge in [-0.1, -0.05) is 0 Å². The number of esters is 1. The number of rotatable bonds is 3. The molecule has 122 valence electrons. The van der Waals surface area contributed by atoms with Gasteiger partial charge in [0.2, 0.25) is 0 Å². The van der Waals surface area contributed by atoms with Crippen LogP contribution in [0.5, 0.6) is 0 Å².